The van der Waals surface area contributed by atoms with Crippen molar-refractivity contribution in [1.82, 2.24) is 19.3 Å². The van der Waals surface area contributed by atoms with Crippen LogP contribution in [-0.4, -0.2) is 31.0 Å². The summed E-state index contributed by atoms with van der Waals surface area (Å²) in [4.78, 5) is 12.7. The molecule has 0 aliphatic carbocycles. The van der Waals surface area contributed by atoms with E-state index < -0.39 is 0 Å². The lowest BCUT2D eigenvalue weighted by Crippen LogP contribution is -2.14. The third kappa shape index (κ3) is 4.00. The molecule has 0 bridgehead atoms. The lowest BCUT2D eigenvalue weighted by molar-refractivity contribution is -0.113. The van der Waals surface area contributed by atoms with Crippen molar-refractivity contribution < 1.29 is 4.79 Å². The third-order valence-corrected chi connectivity index (χ3v) is 6.74. The Morgan fingerprint density at radius 1 is 0.848 bits per heavy atom. The van der Waals surface area contributed by atoms with Crippen molar-refractivity contribution in [3.8, 4) is 11.4 Å². The molecule has 1 N–H and O–H groups in total. The number of thioether (sulfide) groups is 1. The molecule has 0 fully saturated rings. The predicted molar refractivity (Wildman–Crippen MR) is 136 cm³/mol. The largest absolute Gasteiger partial charge is 0.341 e. The molecule has 0 aliphatic rings. The maximum atomic E-state index is 12.7. The number of anilines is 1. The number of hydrogen-bond acceptors (Lipinski definition) is 4. The summed E-state index contributed by atoms with van der Waals surface area (Å²) in [5.41, 5.74) is 4.20. The molecule has 0 aliphatic heterocycles. The number of para-hydroxylation sites is 1. The number of nitrogens with one attached hydrogen (secondary N) is 1. The number of carbonyl (C=O) groups is 1. The topological polar surface area (TPSA) is 64.7 Å². The van der Waals surface area contributed by atoms with Crippen LogP contribution in [0.25, 0.3) is 33.2 Å². The average molecular weight is 456 g/mol. The number of benzene rings is 3. The molecule has 7 heteroatoms. The number of hydrogen-bond donors (Lipinski definition) is 1. The first-order valence-electron chi connectivity index (χ1n) is 11.1. The Hall–Kier alpha value is -3.58. The second-order valence-corrected chi connectivity index (χ2v) is 8.69. The Kier molecular flexibility index (Phi) is 5.88. The zero-order chi connectivity index (χ0) is 22.8. The number of amides is 1. The summed E-state index contributed by atoms with van der Waals surface area (Å²) in [6.07, 6.45) is 0. The molecule has 0 unspecified atom stereocenters. The van der Waals surface area contributed by atoms with Gasteiger partial charge in [0.1, 0.15) is 0 Å². The highest BCUT2D eigenvalue weighted by Crippen LogP contribution is 2.31. The molecule has 0 saturated carbocycles. The van der Waals surface area contributed by atoms with E-state index in [9.17, 15) is 4.79 Å². The van der Waals surface area contributed by atoms with Crippen LogP contribution in [0.5, 0.6) is 0 Å². The summed E-state index contributed by atoms with van der Waals surface area (Å²) in [5, 5.41) is 14.8. The molecule has 2 heterocycles. The van der Waals surface area contributed by atoms with Crippen molar-refractivity contribution in [2.75, 3.05) is 11.1 Å². The van der Waals surface area contributed by atoms with E-state index in [1.54, 1.807) is 0 Å². The van der Waals surface area contributed by atoms with Crippen molar-refractivity contribution >= 4 is 45.2 Å². The predicted octanol–water partition coefficient (Wildman–Crippen LogP) is 5.82. The second kappa shape index (κ2) is 9.11. The Morgan fingerprint density at radius 3 is 2.36 bits per heavy atom. The van der Waals surface area contributed by atoms with Crippen LogP contribution in [0.4, 0.5) is 5.69 Å². The monoisotopic (exact) mass is 455 g/mol. The molecule has 166 valence electrons. The van der Waals surface area contributed by atoms with E-state index in [1.165, 1.54) is 28.2 Å². The van der Waals surface area contributed by atoms with Crippen molar-refractivity contribution in [2.45, 2.75) is 32.1 Å². The van der Waals surface area contributed by atoms with Crippen molar-refractivity contribution in [3.63, 3.8) is 0 Å². The highest BCUT2D eigenvalue weighted by atomic mass is 32.2. The Morgan fingerprint density at radius 2 is 1.58 bits per heavy atom. The number of nitrogens with zero attached hydrogens (tertiary/aromatic N) is 4. The van der Waals surface area contributed by atoms with Crippen molar-refractivity contribution in [2.24, 2.45) is 0 Å². The minimum atomic E-state index is -0.0644. The van der Waals surface area contributed by atoms with E-state index in [4.69, 9.17) is 0 Å². The van der Waals surface area contributed by atoms with Crippen molar-refractivity contribution in [3.05, 3.63) is 72.8 Å². The Balaban J connectivity index is 1.33. The minimum Gasteiger partial charge on any atom is -0.341 e. The smallest absolute Gasteiger partial charge is 0.234 e. The van der Waals surface area contributed by atoms with Gasteiger partial charge in [0.15, 0.2) is 11.0 Å². The van der Waals surface area contributed by atoms with Crippen LogP contribution in [0.2, 0.25) is 0 Å². The van der Waals surface area contributed by atoms with E-state index in [0.717, 1.165) is 40.7 Å². The Labute approximate surface area is 196 Å². The maximum Gasteiger partial charge on any atom is 0.234 e. The second-order valence-electron chi connectivity index (χ2n) is 7.75. The summed E-state index contributed by atoms with van der Waals surface area (Å²) in [5.74, 6) is 1.02. The molecule has 6 nitrogen and oxygen atoms in total. The quantitative estimate of drug-likeness (QED) is 0.314. The Bertz CT molecular complexity index is 1440. The third-order valence-electron chi connectivity index (χ3n) is 5.77. The zero-order valence-corrected chi connectivity index (χ0v) is 19.5. The number of fused-ring (bicyclic) bond motifs is 3. The fraction of sp³-hybridized carbons (Fsp3) is 0.192. The number of aromatic nitrogens is 4. The summed E-state index contributed by atoms with van der Waals surface area (Å²) in [6, 6.07) is 24.5. The van der Waals surface area contributed by atoms with E-state index in [-0.39, 0.29) is 11.7 Å². The zero-order valence-electron chi connectivity index (χ0n) is 18.7. The highest BCUT2D eigenvalue weighted by molar-refractivity contribution is 7.99. The van der Waals surface area contributed by atoms with Gasteiger partial charge in [0.25, 0.3) is 0 Å². The fourth-order valence-corrected chi connectivity index (χ4v) is 5.08. The van der Waals surface area contributed by atoms with E-state index in [2.05, 4.69) is 70.3 Å². The van der Waals surface area contributed by atoms with Crippen LogP contribution >= 0.6 is 11.8 Å². The SMILES string of the molecule is CCn1c(SCC(=O)Nc2ccc3c(c2)c2ccccc2n3CC)nnc1-c1ccccc1. The van der Waals surface area contributed by atoms with Gasteiger partial charge in [0, 0.05) is 46.1 Å². The molecule has 0 spiro atoms. The van der Waals surface area contributed by atoms with E-state index >= 15 is 0 Å². The van der Waals surface area contributed by atoms with Gasteiger partial charge in [0.05, 0.1) is 5.75 Å². The van der Waals surface area contributed by atoms with E-state index in [0.29, 0.717) is 0 Å². The standard InChI is InChI=1S/C26H25N5OS/c1-3-30-22-13-9-8-12-20(22)21-16-19(14-15-23(21)30)27-24(32)17-33-26-29-28-25(31(26)4-2)18-10-6-5-7-11-18/h5-16H,3-4,17H2,1-2H3,(H,27,32). The normalized spacial score (nSPS) is 11.3. The van der Waals surface area contributed by atoms with Gasteiger partial charge >= 0.3 is 0 Å². The van der Waals surface area contributed by atoms with Gasteiger partial charge in [-0.2, -0.15) is 0 Å². The molecular formula is C26H25N5OS. The van der Waals surface area contributed by atoms with Crippen LogP contribution in [0.15, 0.2) is 78.0 Å². The molecular weight excluding hydrogens is 430 g/mol. The average Bonchev–Trinajstić information content (AvgIpc) is 3.41. The molecule has 5 rings (SSSR count). The van der Waals surface area contributed by atoms with Crippen LogP contribution in [0.3, 0.4) is 0 Å². The van der Waals surface area contributed by atoms with Gasteiger partial charge in [-0.05, 0) is 38.1 Å². The summed E-state index contributed by atoms with van der Waals surface area (Å²) in [7, 11) is 0. The maximum absolute atomic E-state index is 12.7. The number of rotatable bonds is 7. The molecule has 5 aromatic rings. The molecule has 0 radical (unpaired) electrons. The minimum absolute atomic E-state index is 0.0644. The van der Waals surface area contributed by atoms with Crippen LogP contribution < -0.4 is 5.32 Å². The van der Waals surface area contributed by atoms with E-state index in [1.807, 2.05) is 41.0 Å². The van der Waals surface area contributed by atoms with Crippen molar-refractivity contribution in [1.29, 1.82) is 0 Å². The molecule has 0 saturated heterocycles. The molecule has 3 aromatic carbocycles. The van der Waals surface area contributed by atoms with Crippen LogP contribution in [-0.2, 0) is 17.9 Å². The van der Waals surface area contributed by atoms with Gasteiger partial charge < -0.3 is 14.5 Å². The van der Waals surface area contributed by atoms with Gasteiger partial charge in [-0.15, -0.1) is 10.2 Å². The van der Waals surface area contributed by atoms with Crippen LogP contribution in [0, 0.1) is 0 Å². The number of aryl methyl sites for hydroxylation is 1. The molecule has 0 atom stereocenters. The first-order chi connectivity index (χ1) is 16.2. The molecule has 2 aromatic heterocycles. The highest BCUT2D eigenvalue weighted by Gasteiger charge is 2.15. The fourth-order valence-electron chi connectivity index (χ4n) is 4.28. The summed E-state index contributed by atoms with van der Waals surface area (Å²) >= 11 is 1.40. The lowest BCUT2D eigenvalue weighted by Gasteiger charge is -2.08. The lowest BCUT2D eigenvalue weighted by atomic mass is 10.1. The van der Waals surface area contributed by atoms with Gasteiger partial charge in [-0.25, -0.2) is 0 Å². The molecule has 1 amide bonds. The first kappa shape index (κ1) is 21.3. The van der Waals surface area contributed by atoms with Gasteiger partial charge in [-0.1, -0.05) is 60.3 Å². The summed E-state index contributed by atoms with van der Waals surface area (Å²) < 4.78 is 4.34. The van der Waals surface area contributed by atoms with Crippen LogP contribution in [0.1, 0.15) is 13.8 Å². The van der Waals surface area contributed by atoms with Gasteiger partial charge in [0.2, 0.25) is 5.91 Å². The first-order valence-corrected chi connectivity index (χ1v) is 12.1. The molecule has 33 heavy (non-hydrogen) atoms. The summed E-state index contributed by atoms with van der Waals surface area (Å²) in [6.45, 7) is 5.84. The van der Waals surface area contributed by atoms with Gasteiger partial charge in [-0.3, -0.25) is 4.79 Å². The number of carbonyl (C=O) groups excluding carboxylic acids is 1.